The number of carbonyl (C=O) groups excluding carboxylic acids is 1. The summed E-state index contributed by atoms with van der Waals surface area (Å²) in [4.78, 5) is 11.3. The molecule has 78 valence electrons. The molecule has 1 saturated heterocycles. The van der Waals surface area contributed by atoms with Crippen molar-refractivity contribution in [3.05, 3.63) is 17.9 Å². The van der Waals surface area contributed by atoms with Crippen LogP contribution in [0.3, 0.4) is 0 Å². The van der Waals surface area contributed by atoms with E-state index in [2.05, 4.69) is 17.2 Å². The van der Waals surface area contributed by atoms with Crippen LogP contribution in [0.5, 0.6) is 0 Å². The van der Waals surface area contributed by atoms with Crippen LogP contribution in [0.25, 0.3) is 0 Å². The largest absolute Gasteiger partial charge is 0.569 e. The van der Waals surface area contributed by atoms with E-state index in [9.17, 15) is 10.0 Å². The molecule has 1 unspecified atom stereocenters. The predicted molar refractivity (Wildman–Crippen MR) is 46.4 cm³/mol. The Labute approximate surface area is 80.8 Å². The number of hydrogen-bond acceptors (Lipinski definition) is 4. The number of ketones is 1. The fourth-order valence-electron chi connectivity index (χ4n) is 1.33. The third-order valence-corrected chi connectivity index (χ3v) is 2.04. The molecular weight excluding hydrogens is 188 g/mol. The second kappa shape index (κ2) is 4.56. The van der Waals surface area contributed by atoms with Gasteiger partial charge in [-0.1, -0.05) is 6.58 Å². The monoisotopic (exact) mass is 200 g/mol. The van der Waals surface area contributed by atoms with Crippen LogP contribution in [0, 0.1) is 5.21 Å². The highest BCUT2D eigenvalue weighted by Gasteiger charge is 2.32. The highest BCUT2D eigenvalue weighted by molar-refractivity contribution is 5.93. The third kappa shape index (κ3) is 1.99. The lowest BCUT2D eigenvalue weighted by molar-refractivity contribution is -0.715. The van der Waals surface area contributed by atoms with Gasteiger partial charge in [-0.25, -0.2) is 0 Å². The number of carbonyl (C=O) groups is 1. The van der Waals surface area contributed by atoms with Crippen molar-refractivity contribution in [2.75, 3.05) is 19.6 Å². The van der Waals surface area contributed by atoms with Gasteiger partial charge in [-0.15, -0.1) is 5.01 Å². The first-order chi connectivity index (χ1) is 6.70. The third-order valence-electron chi connectivity index (χ3n) is 2.04. The number of nitrogens with one attached hydrogen (secondary N) is 1. The first kappa shape index (κ1) is 10.5. The molecule has 0 amide bonds. The van der Waals surface area contributed by atoms with Crippen molar-refractivity contribution < 1.29 is 15.0 Å². The van der Waals surface area contributed by atoms with E-state index in [4.69, 9.17) is 5.21 Å². The van der Waals surface area contributed by atoms with Gasteiger partial charge in [-0.3, -0.25) is 4.79 Å². The number of hydrazine groups is 1. The Bertz CT molecular complexity index is 256. The maximum absolute atomic E-state index is 11.3. The number of piperazine rings is 1. The molecule has 0 aromatic heterocycles. The van der Waals surface area contributed by atoms with E-state index in [1.54, 1.807) is 0 Å². The molecule has 0 spiro atoms. The van der Waals surface area contributed by atoms with Gasteiger partial charge in [0.05, 0.1) is 11.5 Å². The van der Waals surface area contributed by atoms with Crippen molar-refractivity contribution in [2.24, 2.45) is 5.28 Å². The molecule has 7 heteroatoms. The van der Waals surface area contributed by atoms with Gasteiger partial charge < -0.3 is 15.7 Å². The average Bonchev–Trinajstić information content (AvgIpc) is 2.27. The molecular formula is C7H12N4O3. The van der Waals surface area contributed by atoms with Gasteiger partial charge in [-0.2, -0.15) is 0 Å². The van der Waals surface area contributed by atoms with Crippen LogP contribution in [0.4, 0.5) is 0 Å². The van der Waals surface area contributed by atoms with Crippen molar-refractivity contribution in [2.45, 2.75) is 6.04 Å². The van der Waals surface area contributed by atoms with Gasteiger partial charge in [-0.05, 0) is 6.08 Å². The van der Waals surface area contributed by atoms with E-state index in [-0.39, 0.29) is 10.8 Å². The minimum atomic E-state index is -0.644. The Morgan fingerprint density at radius 3 is 3.14 bits per heavy atom. The lowest BCUT2D eigenvalue weighted by Crippen LogP contribution is -2.56. The van der Waals surface area contributed by atoms with Crippen LogP contribution in [-0.2, 0) is 4.79 Å². The number of hydrogen-bond donors (Lipinski definition) is 2. The van der Waals surface area contributed by atoms with Crippen LogP contribution in [0.1, 0.15) is 0 Å². The maximum Gasteiger partial charge on any atom is 0.230 e. The van der Waals surface area contributed by atoms with Crippen LogP contribution in [-0.4, -0.2) is 46.6 Å². The Balaban J connectivity index is 2.78. The smallest absolute Gasteiger partial charge is 0.230 e. The summed E-state index contributed by atoms with van der Waals surface area (Å²) < 4.78 is 0. The van der Waals surface area contributed by atoms with Crippen molar-refractivity contribution in [1.29, 1.82) is 0 Å². The Morgan fingerprint density at radius 1 is 1.86 bits per heavy atom. The Hall–Kier alpha value is -1.63. The summed E-state index contributed by atoms with van der Waals surface area (Å²) in [6.07, 6.45) is 1.15. The minimum absolute atomic E-state index is 0.0207. The summed E-state index contributed by atoms with van der Waals surface area (Å²) in [5.41, 5.74) is 0. The molecule has 1 heterocycles. The topological polar surface area (TPSA) is 91.0 Å². The van der Waals surface area contributed by atoms with Crippen molar-refractivity contribution >= 4 is 5.78 Å². The molecule has 1 aliphatic heterocycles. The molecule has 0 bridgehead atoms. The van der Waals surface area contributed by atoms with E-state index in [0.717, 1.165) is 11.1 Å². The van der Waals surface area contributed by atoms with E-state index >= 15 is 0 Å². The van der Waals surface area contributed by atoms with Gasteiger partial charge in [0.2, 0.25) is 5.28 Å². The maximum atomic E-state index is 11.3. The van der Waals surface area contributed by atoms with Crippen LogP contribution in [0.15, 0.2) is 17.9 Å². The summed E-state index contributed by atoms with van der Waals surface area (Å²) in [6, 6.07) is -0.644. The molecule has 0 saturated carbocycles. The molecule has 14 heavy (non-hydrogen) atoms. The first-order valence-corrected chi connectivity index (χ1v) is 4.16. The predicted octanol–water partition coefficient (Wildman–Crippen LogP) is -0.718. The molecule has 1 fully saturated rings. The fraction of sp³-hybridized carbons (Fsp3) is 0.571. The van der Waals surface area contributed by atoms with Crippen LogP contribution < -0.4 is 5.32 Å². The van der Waals surface area contributed by atoms with E-state index in [0.29, 0.717) is 19.6 Å². The molecule has 1 rings (SSSR count). The van der Waals surface area contributed by atoms with Crippen molar-refractivity contribution in [1.82, 2.24) is 10.3 Å². The molecule has 0 aliphatic carbocycles. The normalized spacial score (nSPS) is 23.3. The van der Waals surface area contributed by atoms with Gasteiger partial charge in [0.25, 0.3) is 0 Å². The van der Waals surface area contributed by atoms with Crippen molar-refractivity contribution in [3.8, 4) is 0 Å². The molecule has 0 aromatic carbocycles. The van der Waals surface area contributed by atoms with E-state index in [1.165, 1.54) is 0 Å². The zero-order valence-electron chi connectivity index (χ0n) is 7.59. The Morgan fingerprint density at radius 2 is 2.57 bits per heavy atom. The van der Waals surface area contributed by atoms with Crippen molar-refractivity contribution in [3.63, 3.8) is 0 Å². The van der Waals surface area contributed by atoms with Gasteiger partial charge in [0, 0.05) is 13.1 Å². The molecule has 0 aromatic rings. The van der Waals surface area contributed by atoms with Crippen LogP contribution >= 0.6 is 0 Å². The van der Waals surface area contributed by atoms with E-state index < -0.39 is 6.04 Å². The van der Waals surface area contributed by atoms with Gasteiger partial charge in [0.15, 0.2) is 11.8 Å². The second-order valence-corrected chi connectivity index (χ2v) is 2.83. The second-order valence-electron chi connectivity index (χ2n) is 2.83. The number of rotatable bonds is 3. The van der Waals surface area contributed by atoms with E-state index in [1.807, 2.05) is 0 Å². The highest BCUT2D eigenvalue weighted by atomic mass is 16.6. The highest BCUT2D eigenvalue weighted by Crippen LogP contribution is 2.05. The zero-order chi connectivity index (χ0) is 10.6. The summed E-state index contributed by atoms with van der Waals surface area (Å²) >= 11 is 0. The summed E-state index contributed by atoms with van der Waals surface area (Å²) in [6.45, 7) is 4.57. The zero-order valence-corrected chi connectivity index (χ0v) is 7.59. The summed E-state index contributed by atoms with van der Waals surface area (Å²) in [5, 5.41) is 25.9. The lowest BCUT2D eigenvalue weighted by atomic mass is 10.1. The average molecular weight is 200 g/mol. The molecule has 1 aliphatic rings. The first-order valence-electron chi connectivity index (χ1n) is 4.16. The fourth-order valence-corrected chi connectivity index (χ4v) is 1.33. The molecule has 2 N–H and O–H groups in total. The SMILES string of the molecule is C=CC(=O)C1CNCCN1[N+]([O-])=NO. The lowest BCUT2D eigenvalue weighted by Gasteiger charge is -2.29. The minimum Gasteiger partial charge on any atom is -0.569 e. The molecule has 7 nitrogen and oxygen atoms in total. The Kier molecular flexibility index (Phi) is 3.41. The van der Waals surface area contributed by atoms with Crippen LogP contribution in [0.2, 0.25) is 0 Å². The summed E-state index contributed by atoms with van der Waals surface area (Å²) in [7, 11) is 0. The van der Waals surface area contributed by atoms with Gasteiger partial charge >= 0.3 is 0 Å². The molecule has 0 radical (unpaired) electrons. The quantitative estimate of drug-likeness (QED) is 0.271. The number of nitrogens with zero attached hydrogens (tertiary/aromatic N) is 3. The van der Waals surface area contributed by atoms with Gasteiger partial charge in [0.1, 0.15) is 0 Å². The standard InChI is InChI=1S/C7H12N4O3/c1-2-7(12)6-5-8-3-4-10(6)11(14)9-13/h2,6,8,13H,1,3-5H2. The molecule has 1 atom stereocenters. The summed E-state index contributed by atoms with van der Waals surface area (Å²) in [5.74, 6) is -0.276.